The molecule has 0 atom stereocenters. The van der Waals surface area contributed by atoms with Crippen LogP contribution in [0.2, 0.25) is 0 Å². The number of pyridine rings is 1. The van der Waals surface area contributed by atoms with Crippen LogP contribution < -0.4 is 10.5 Å². The summed E-state index contributed by atoms with van der Waals surface area (Å²) in [7, 11) is -3.48. The highest BCUT2D eigenvalue weighted by molar-refractivity contribution is 7.91. The van der Waals surface area contributed by atoms with Crippen molar-refractivity contribution in [3.05, 3.63) is 46.3 Å². The van der Waals surface area contributed by atoms with Gasteiger partial charge >= 0.3 is 0 Å². The lowest BCUT2D eigenvalue weighted by atomic mass is 10.2. The highest BCUT2D eigenvalue weighted by Crippen LogP contribution is 2.23. The quantitative estimate of drug-likeness (QED) is 0.612. The van der Waals surface area contributed by atoms with Gasteiger partial charge in [0.15, 0.2) is 5.82 Å². The third-order valence-electron chi connectivity index (χ3n) is 4.91. The first kappa shape index (κ1) is 20.0. The maximum atomic E-state index is 13.2. The molecular formula is C19H23N5O3S2. The molecular weight excluding hydrogens is 410 g/mol. The van der Waals surface area contributed by atoms with E-state index in [1.54, 1.807) is 40.5 Å². The van der Waals surface area contributed by atoms with Crippen molar-refractivity contribution >= 4 is 38.2 Å². The average Bonchev–Trinajstić information content (AvgIpc) is 3.26. The van der Waals surface area contributed by atoms with Crippen LogP contribution >= 0.6 is 11.3 Å². The Morgan fingerprint density at radius 1 is 1.17 bits per heavy atom. The number of rotatable bonds is 5. The van der Waals surface area contributed by atoms with Gasteiger partial charge in [-0.05, 0) is 23.4 Å². The van der Waals surface area contributed by atoms with Crippen molar-refractivity contribution in [2.75, 3.05) is 31.1 Å². The van der Waals surface area contributed by atoms with E-state index in [-0.39, 0.29) is 5.56 Å². The van der Waals surface area contributed by atoms with Gasteiger partial charge in [0.05, 0.1) is 17.2 Å². The summed E-state index contributed by atoms with van der Waals surface area (Å²) in [4.78, 5) is 23.8. The second-order valence-corrected chi connectivity index (χ2v) is 10.5. The van der Waals surface area contributed by atoms with Crippen molar-refractivity contribution in [2.45, 2.75) is 24.6 Å². The number of nitrogens with zero attached hydrogens (tertiary/aromatic N) is 5. The molecule has 0 bridgehead atoms. The van der Waals surface area contributed by atoms with Crippen LogP contribution in [0.1, 0.15) is 13.8 Å². The highest BCUT2D eigenvalue weighted by Gasteiger charge is 2.30. The van der Waals surface area contributed by atoms with Crippen LogP contribution in [0.3, 0.4) is 0 Å². The van der Waals surface area contributed by atoms with Gasteiger partial charge in [-0.2, -0.15) is 4.31 Å². The van der Waals surface area contributed by atoms with Crippen molar-refractivity contribution in [1.29, 1.82) is 0 Å². The molecule has 154 valence electrons. The van der Waals surface area contributed by atoms with Crippen LogP contribution in [0.5, 0.6) is 0 Å². The van der Waals surface area contributed by atoms with Crippen LogP contribution in [0.4, 0.5) is 5.82 Å². The third-order valence-corrected chi connectivity index (χ3v) is 8.18. The second-order valence-electron chi connectivity index (χ2n) is 7.43. The van der Waals surface area contributed by atoms with Crippen molar-refractivity contribution in [1.82, 2.24) is 18.8 Å². The molecule has 0 unspecified atom stereocenters. The van der Waals surface area contributed by atoms with Crippen LogP contribution in [0.15, 0.2) is 45.0 Å². The van der Waals surface area contributed by atoms with Crippen LogP contribution in [-0.4, -0.2) is 53.4 Å². The molecule has 0 N–H and O–H groups in total. The van der Waals surface area contributed by atoms with E-state index in [9.17, 15) is 13.2 Å². The molecule has 0 aliphatic carbocycles. The molecule has 0 saturated carbocycles. The van der Waals surface area contributed by atoms with Gasteiger partial charge in [-0.3, -0.25) is 9.78 Å². The summed E-state index contributed by atoms with van der Waals surface area (Å²) in [5.74, 6) is 0.664. The SMILES string of the molecule is CC(C)Cn1c(=O)c(N2CCN(S(=O)(=O)c3cccs3)CC2)nc2ccncc21. The molecule has 4 heterocycles. The summed E-state index contributed by atoms with van der Waals surface area (Å²) >= 11 is 1.22. The topological polar surface area (TPSA) is 88.4 Å². The fraction of sp³-hybridized carbons (Fsp3) is 0.421. The molecule has 3 aromatic heterocycles. The van der Waals surface area contributed by atoms with E-state index in [4.69, 9.17) is 0 Å². The van der Waals surface area contributed by atoms with Gasteiger partial charge in [0.1, 0.15) is 4.21 Å². The van der Waals surface area contributed by atoms with Crippen LogP contribution in [0.25, 0.3) is 11.0 Å². The van der Waals surface area contributed by atoms with Gasteiger partial charge in [0.2, 0.25) is 0 Å². The zero-order chi connectivity index (χ0) is 20.6. The summed E-state index contributed by atoms with van der Waals surface area (Å²) in [6.07, 6.45) is 3.33. The van der Waals surface area contributed by atoms with Gasteiger partial charge in [-0.1, -0.05) is 19.9 Å². The Balaban J connectivity index is 1.63. The zero-order valence-electron chi connectivity index (χ0n) is 16.4. The van der Waals surface area contributed by atoms with Crippen LogP contribution in [-0.2, 0) is 16.6 Å². The van der Waals surface area contributed by atoms with Gasteiger partial charge in [0.25, 0.3) is 15.6 Å². The van der Waals surface area contributed by atoms with E-state index in [0.29, 0.717) is 59.7 Å². The molecule has 8 nitrogen and oxygen atoms in total. The maximum Gasteiger partial charge on any atom is 0.294 e. The van der Waals surface area contributed by atoms with Gasteiger partial charge in [0, 0.05) is 38.9 Å². The summed E-state index contributed by atoms with van der Waals surface area (Å²) in [5.41, 5.74) is 1.27. The zero-order valence-corrected chi connectivity index (χ0v) is 18.0. The lowest BCUT2D eigenvalue weighted by Crippen LogP contribution is -2.50. The Morgan fingerprint density at radius 2 is 1.93 bits per heavy atom. The number of sulfonamides is 1. The second kappa shape index (κ2) is 7.85. The Kier molecular flexibility index (Phi) is 5.41. The molecule has 1 aliphatic heterocycles. The smallest absolute Gasteiger partial charge is 0.294 e. The first-order chi connectivity index (χ1) is 13.9. The fourth-order valence-corrected chi connectivity index (χ4v) is 6.07. The molecule has 0 amide bonds. The normalized spacial score (nSPS) is 16.0. The van der Waals surface area contributed by atoms with Gasteiger partial charge in [-0.25, -0.2) is 13.4 Å². The number of piperazine rings is 1. The largest absolute Gasteiger partial charge is 0.349 e. The molecule has 0 spiro atoms. The van der Waals surface area contributed by atoms with Crippen molar-refractivity contribution in [3.8, 4) is 0 Å². The van der Waals surface area contributed by atoms with Gasteiger partial charge in [-0.15, -0.1) is 11.3 Å². The minimum absolute atomic E-state index is 0.159. The molecule has 10 heteroatoms. The highest BCUT2D eigenvalue weighted by atomic mass is 32.2. The van der Waals surface area contributed by atoms with E-state index < -0.39 is 10.0 Å². The van der Waals surface area contributed by atoms with Crippen molar-refractivity contribution < 1.29 is 8.42 Å². The fourth-order valence-electron chi connectivity index (χ4n) is 3.50. The Bertz CT molecular complexity index is 1160. The molecule has 0 aromatic carbocycles. The first-order valence-electron chi connectivity index (χ1n) is 9.51. The lowest BCUT2D eigenvalue weighted by Gasteiger charge is -2.34. The standard InChI is InChI=1S/C19H23N5O3S2/c1-14(2)13-24-16-12-20-6-5-15(16)21-18(19(24)25)22-7-9-23(10-8-22)29(26,27)17-4-3-11-28-17/h3-6,11-12,14H,7-10,13H2,1-2H3. The van der Waals surface area contributed by atoms with Crippen molar-refractivity contribution in [2.24, 2.45) is 5.92 Å². The molecule has 1 fully saturated rings. The molecule has 3 aromatic rings. The Labute approximate surface area is 173 Å². The van der Waals surface area contributed by atoms with E-state index in [2.05, 4.69) is 23.8 Å². The number of aromatic nitrogens is 3. The van der Waals surface area contributed by atoms with Gasteiger partial charge < -0.3 is 9.47 Å². The summed E-state index contributed by atoms with van der Waals surface area (Å²) < 4.78 is 29.0. The summed E-state index contributed by atoms with van der Waals surface area (Å²) in [6, 6.07) is 5.15. The van der Waals surface area contributed by atoms with E-state index in [0.717, 1.165) is 0 Å². The van der Waals surface area contributed by atoms with Crippen molar-refractivity contribution in [3.63, 3.8) is 0 Å². The molecule has 4 rings (SSSR count). The molecule has 1 aliphatic rings. The number of thiophene rings is 1. The number of hydrogen-bond acceptors (Lipinski definition) is 7. The lowest BCUT2D eigenvalue weighted by molar-refractivity contribution is 0.384. The van der Waals surface area contributed by atoms with E-state index >= 15 is 0 Å². The minimum atomic E-state index is -3.48. The number of fused-ring (bicyclic) bond motifs is 1. The predicted octanol–water partition coefficient (Wildman–Crippen LogP) is 2.02. The number of anilines is 1. The number of hydrogen-bond donors (Lipinski definition) is 0. The predicted molar refractivity (Wildman–Crippen MR) is 114 cm³/mol. The third kappa shape index (κ3) is 3.79. The molecule has 0 radical (unpaired) electrons. The summed E-state index contributed by atoms with van der Waals surface area (Å²) in [6.45, 7) is 6.17. The average molecular weight is 434 g/mol. The minimum Gasteiger partial charge on any atom is -0.349 e. The van der Waals surface area contributed by atoms with E-state index in [1.165, 1.54) is 15.6 Å². The summed E-state index contributed by atoms with van der Waals surface area (Å²) in [5, 5.41) is 1.76. The first-order valence-corrected chi connectivity index (χ1v) is 11.8. The van der Waals surface area contributed by atoms with Crippen LogP contribution in [0, 0.1) is 5.92 Å². The monoisotopic (exact) mass is 433 g/mol. The van der Waals surface area contributed by atoms with E-state index in [1.807, 2.05) is 4.90 Å². The molecule has 29 heavy (non-hydrogen) atoms. The Morgan fingerprint density at radius 3 is 2.59 bits per heavy atom. The maximum absolute atomic E-state index is 13.2. The molecule has 1 saturated heterocycles. The Hall–Kier alpha value is -2.30.